The molecule has 2 aliphatic rings. The van der Waals surface area contributed by atoms with E-state index in [1.54, 1.807) is 0 Å². The third kappa shape index (κ3) is 2.20. The molecule has 0 spiro atoms. The number of aromatic nitrogens is 2. The van der Waals surface area contributed by atoms with Crippen molar-refractivity contribution in [3.8, 4) is 0 Å². The monoisotopic (exact) mass is 247 g/mol. The van der Waals surface area contributed by atoms with Gasteiger partial charge in [-0.15, -0.1) is 0 Å². The standard InChI is InChI=1S/C15H25N3/c1-3-17-8-5-7-13(10-17)14-11-18-9-4-6-12(2)15(18)16-14/h11-13H,3-10H2,1-2H3. The molecule has 1 fully saturated rings. The van der Waals surface area contributed by atoms with Crippen LogP contribution in [0.25, 0.3) is 0 Å². The highest BCUT2D eigenvalue weighted by molar-refractivity contribution is 5.15. The first kappa shape index (κ1) is 12.2. The van der Waals surface area contributed by atoms with Crippen LogP contribution >= 0.6 is 0 Å². The summed E-state index contributed by atoms with van der Waals surface area (Å²) < 4.78 is 2.41. The van der Waals surface area contributed by atoms with Crippen LogP contribution in [0.4, 0.5) is 0 Å². The van der Waals surface area contributed by atoms with Gasteiger partial charge in [0.25, 0.3) is 0 Å². The molecule has 1 saturated heterocycles. The summed E-state index contributed by atoms with van der Waals surface area (Å²) in [5, 5.41) is 0. The van der Waals surface area contributed by atoms with E-state index in [0.717, 1.165) is 0 Å². The summed E-state index contributed by atoms with van der Waals surface area (Å²) >= 11 is 0. The van der Waals surface area contributed by atoms with Crippen molar-refractivity contribution in [3.05, 3.63) is 17.7 Å². The number of aryl methyl sites for hydroxylation is 1. The lowest BCUT2D eigenvalue weighted by Crippen LogP contribution is -2.34. The number of fused-ring (bicyclic) bond motifs is 1. The molecule has 1 aromatic rings. The van der Waals surface area contributed by atoms with E-state index in [4.69, 9.17) is 4.98 Å². The first-order valence-electron chi connectivity index (χ1n) is 7.57. The van der Waals surface area contributed by atoms with Gasteiger partial charge < -0.3 is 9.47 Å². The lowest BCUT2D eigenvalue weighted by atomic mass is 9.95. The summed E-state index contributed by atoms with van der Waals surface area (Å²) in [5.74, 6) is 2.66. The van der Waals surface area contributed by atoms with Crippen LogP contribution in [-0.4, -0.2) is 34.1 Å². The molecule has 0 saturated carbocycles. The van der Waals surface area contributed by atoms with Crippen LogP contribution in [0.15, 0.2) is 6.20 Å². The molecular weight excluding hydrogens is 222 g/mol. The van der Waals surface area contributed by atoms with Crippen LogP contribution in [0.5, 0.6) is 0 Å². The molecule has 0 N–H and O–H groups in total. The van der Waals surface area contributed by atoms with Gasteiger partial charge in [0.2, 0.25) is 0 Å². The zero-order valence-corrected chi connectivity index (χ0v) is 11.7. The third-order valence-corrected chi connectivity index (χ3v) is 4.67. The largest absolute Gasteiger partial charge is 0.334 e. The highest BCUT2D eigenvalue weighted by Crippen LogP contribution is 2.31. The van der Waals surface area contributed by atoms with Crippen molar-refractivity contribution in [2.24, 2.45) is 0 Å². The fourth-order valence-corrected chi connectivity index (χ4v) is 3.50. The maximum atomic E-state index is 4.96. The molecule has 3 heterocycles. The maximum absolute atomic E-state index is 4.96. The molecule has 3 heteroatoms. The van der Waals surface area contributed by atoms with E-state index in [9.17, 15) is 0 Å². The molecule has 100 valence electrons. The Bertz CT molecular complexity index is 410. The SMILES string of the molecule is CCN1CCCC(c2cn3c(n2)C(C)CCC3)C1. The van der Waals surface area contributed by atoms with Crippen LogP contribution < -0.4 is 0 Å². The average molecular weight is 247 g/mol. The number of nitrogens with zero attached hydrogens (tertiary/aromatic N) is 3. The highest BCUT2D eigenvalue weighted by atomic mass is 15.1. The normalized spacial score (nSPS) is 29.2. The molecule has 0 amide bonds. The molecular formula is C15H25N3. The Morgan fingerprint density at radius 1 is 1.28 bits per heavy atom. The van der Waals surface area contributed by atoms with Gasteiger partial charge in [-0.05, 0) is 38.8 Å². The number of hydrogen-bond donors (Lipinski definition) is 0. The van der Waals surface area contributed by atoms with Crippen LogP contribution in [0.3, 0.4) is 0 Å². The van der Waals surface area contributed by atoms with Gasteiger partial charge in [-0.1, -0.05) is 13.8 Å². The summed E-state index contributed by atoms with van der Waals surface area (Å²) in [4.78, 5) is 7.53. The number of likely N-dealkylation sites (tertiary alicyclic amines) is 1. The minimum atomic E-state index is 0.651. The molecule has 3 rings (SSSR count). The Balaban J connectivity index is 1.80. The van der Waals surface area contributed by atoms with Gasteiger partial charge in [0.1, 0.15) is 5.82 Å². The van der Waals surface area contributed by atoms with Gasteiger partial charge >= 0.3 is 0 Å². The van der Waals surface area contributed by atoms with Crippen LogP contribution in [-0.2, 0) is 6.54 Å². The van der Waals surface area contributed by atoms with Crippen molar-refractivity contribution < 1.29 is 0 Å². The van der Waals surface area contributed by atoms with Crippen molar-refractivity contribution in [2.45, 2.75) is 57.9 Å². The lowest BCUT2D eigenvalue weighted by Gasteiger charge is -2.30. The van der Waals surface area contributed by atoms with E-state index in [1.165, 1.54) is 63.4 Å². The van der Waals surface area contributed by atoms with Crippen molar-refractivity contribution in [1.82, 2.24) is 14.5 Å². The van der Waals surface area contributed by atoms with Crippen molar-refractivity contribution in [1.29, 1.82) is 0 Å². The van der Waals surface area contributed by atoms with Gasteiger partial charge in [0.15, 0.2) is 0 Å². The van der Waals surface area contributed by atoms with Gasteiger partial charge in [0, 0.05) is 31.1 Å². The number of imidazole rings is 1. The smallest absolute Gasteiger partial charge is 0.111 e. The second-order valence-corrected chi connectivity index (χ2v) is 5.99. The minimum absolute atomic E-state index is 0.651. The molecule has 2 aliphatic heterocycles. The summed E-state index contributed by atoms with van der Waals surface area (Å²) in [6.45, 7) is 9.43. The molecule has 18 heavy (non-hydrogen) atoms. The van der Waals surface area contributed by atoms with Crippen molar-refractivity contribution in [3.63, 3.8) is 0 Å². The van der Waals surface area contributed by atoms with Gasteiger partial charge in [0.05, 0.1) is 5.69 Å². The Kier molecular flexibility index (Phi) is 3.42. The Hall–Kier alpha value is -0.830. The summed E-state index contributed by atoms with van der Waals surface area (Å²) in [7, 11) is 0. The first-order valence-corrected chi connectivity index (χ1v) is 7.57. The molecule has 3 nitrogen and oxygen atoms in total. The number of rotatable bonds is 2. The van der Waals surface area contributed by atoms with Crippen LogP contribution in [0, 0.1) is 0 Å². The van der Waals surface area contributed by atoms with E-state index in [2.05, 4.69) is 29.5 Å². The highest BCUT2D eigenvalue weighted by Gasteiger charge is 2.25. The average Bonchev–Trinajstić information content (AvgIpc) is 2.84. The van der Waals surface area contributed by atoms with Gasteiger partial charge in [-0.25, -0.2) is 4.98 Å². The Labute approximate surface area is 110 Å². The summed E-state index contributed by atoms with van der Waals surface area (Å²) in [5.41, 5.74) is 1.36. The zero-order valence-electron chi connectivity index (χ0n) is 11.7. The number of likely N-dealkylation sites (N-methyl/N-ethyl adjacent to an activating group) is 1. The fraction of sp³-hybridized carbons (Fsp3) is 0.800. The van der Waals surface area contributed by atoms with E-state index in [-0.39, 0.29) is 0 Å². The Morgan fingerprint density at radius 3 is 2.89 bits per heavy atom. The lowest BCUT2D eigenvalue weighted by molar-refractivity contribution is 0.216. The molecule has 0 aromatic carbocycles. The molecule has 0 bridgehead atoms. The Morgan fingerprint density at radius 2 is 2.11 bits per heavy atom. The van der Waals surface area contributed by atoms with Gasteiger partial charge in [-0.2, -0.15) is 0 Å². The first-order chi connectivity index (χ1) is 8.78. The molecule has 2 atom stereocenters. The molecule has 2 unspecified atom stereocenters. The fourth-order valence-electron chi connectivity index (χ4n) is 3.50. The van der Waals surface area contributed by atoms with E-state index < -0.39 is 0 Å². The quantitative estimate of drug-likeness (QED) is 0.801. The second-order valence-electron chi connectivity index (χ2n) is 5.99. The number of hydrogen-bond acceptors (Lipinski definition) is 2. The van der Waals surface area contributed by atoms with Crippen LogP contribution in [0.2, 0.25) is 0 Å². The summed E-state index contributed by atoms with van der Waals surface area (Å²) in [6, 6.07) is 0. The number of piperidine rings is 1. The molecule has 1 aromatic heterocycles. The van der Waals surface area contributed by atoms with Gasteiger partial charge in [-0.3, -0.25) is 0 Å². The van der Waals surface area contributed by atoms with Crippen molar-refractivity contribution >= 4 is 0 Å². The van der Waals surface area contributed by atoms with Crippen molar-refractivity contribution in [2.75, 3.05) is 19.6 Å². The van der Waals surface area contributed by atoms with E-state index in [1.807, 2.05) is 0 Å². The third-order valence-electron chi connectivity index (χ3n) is 4.67. The minimum Gasteiger partial charge on any atom is -0.334 e. The summed E-state index contributed by atoms with van der Waals surface area (Å²) in [6.07, 6.45) is 7.62. The zero-order chi connectivity index (χ0) is 12.5. The maximum Gasteiger partial charge on any atom is 0.111 e. The predicted molar refractivity (Wildman–Crippen MR) is 74.0 cm³/mol. The van der Waals surface area contributed by atoms with Crippen LogP contribution in [0.1, 0.15) is 62.9 Å². The topological polar surface area (TPSA) is 21.1 Å². The molecule has 0 aliphatic carbocycles. The predicted octanol–water partition coefficient (Wildman–Crippen LogP) is 2.98. The van der Waals surface area contributed by atoms with E-state index in [0.29, 0.717) is 11.8 Å². The second kappa shape index (κ2) is 5.04. The molecule has 0 radical (unpaired) electrons. The van der Waals surface area contributed by atoms with E-state index >= 15 is 0 Å².